The summed E-state index contributed by atoms with van der Waals surface area (Å²) in [6.45, 7) is 9.82. The van der Waals surface area contributed by atoms with Crippen LogP contribution in [0.1, 0.15) is 56.5 Å². The molecule has 30 heavy (non-hydrogen) atoms. The van der Waals surface area contributed by atoms with Gasteiger partial charge in [-0.15, -0.1) is 4.72 Å². The van der Waals surface area contributed by atoms with E-state index in [1.54, 1.807) is 6.20 Å². The second-order valence-electron chi connectivity index (χ2n) is 9.28. The van der Waals surface area contributed by atoms with Gasteiger partial charge in [0.2, 0.25) is 0 Å². The Kier molecular flexibility index (Phi) is 7.45. The smallest absolute Gasteiger partial charge is 0.758 e. The van der Waals surface area contributed by atoms with Crippen molar-refractivity contribution < 1.29 is 34.1 Å². The van der Waals surface area contributed by atoms with E-state index in [-0.39, 0.29) is 45.8 Å². The number of hydrogen-bond acceptors (Lipinski definition) is 6. The first kappa shape index (κ1) is 24.2. The SMILES string of the molecule is Cc1nc(N2CCC3(CC2)Cc2ccccc2[C@H]3N[S+]([O-])C(C)(C)C)cnc1[S-].[Na+]. The molecule has 1 spiro atoms. The van der Waals surface area contributed by atoms with Crippen LogP contribution in [0.4, 0.5) is 5.82 Å². The molecule has 0 radical (unpaired) electrons. The van der Waals surface area contributed by atoms with Crippen molar-refractivity contribution in [1.82, 2.24) is 14.7 Å². The number of benzene rings is 1. The fourth-order valence-corrected chi connectivity index (χ4v) is 5.56. The summed E-state index contributed by atoms with van der Waals surface area (Å²) in [6.07, 6.45) is 4.88. The first-order valence-electron chi connectivity index (χ1n) is 10.2. The van der Waals surface area contributed by atoms with E-state index in [1.807, 2.05) is 27.7 Å². The van der Waals surface area contributed by atoms with Gasteiger partial charge in [-0.25, -0.2) is 4.98 Å². The molecular weight excluding hydrogens is 423 g/mol. The summed E-state index contributed by atoms with van der Waals surface area (Å²) in [4.78, 5) is 11.3. The largest absolute Gasteiger partial charge is 1.00 e. The molecule has 0 amide bonds. The maximum absolute atomic E-state index is 13.0. The summed E-state index contributed by atoms with van der Waals surface area (Å²) in [5, 5.41) is 0.572. The van der Waals surface area contributed by atoms with Crippen molar-refractivity contribution in [3.63, 3.8) is 0 Å². The van der Waals surface area contributed by atoms with Gasteiger partial charge < -0.3 is 22.1 Å². The summed E-state index contributed by atoms with van der Waals surface area (Å²) >= 11 is 4.08. The molecule has 1 unspecified atom stereocenters. The minimum atomic E-state index is -1.11. The average Bonchev–Trinajstić information content (AvgIpc) is 2.97. The van der Waals surface area contributed by atoms with Gasteiger partial charge in [-0.1, -0.05) is 29.3 Å². The molecule has 1 aliphatic heterocycles. The number of rotatable bonds is 3. The molecule has 0 bridgehead atoms. The molecule has 1 N–H and O–H groups in total. The van der Waals surface area contributed by atoms with Gasteiger partial charge in [0.1, 0.15) is 10.6 Å². The molecule has 156 valence electrons. The maximum Gasteiger partial charge on any atom is 1.00 e. The third-order valence-corrected chi connectivity index (χ3v) is 8.24. The topological polar surface area (TPSA) is 64.1 Å². The van der Waals surface area contributed by atoms with Gasteiger partial charge in [-0.3, -0.25) is 4.98 Å². The zero-order valence-electron chi connectivity index (χ0n) is 18.6. The summed E-state index contributed by atoms with van der Waals surface area (Å²) < 4.78 is 16.2. The first-order chi connectivity index (χ1) is 13.7. The van der Waals surface area contributed by atoms with Crippen molar-refractivity contribution in [2.24, 2.45) is 5.41 Å². The molecule has 5 nitrogen and oxygen atoms in total. The van der Waals surface area contributed by atoms with Crippen LogP contribution in [0.5, 0.6) is 0 Å². The number of nitrogens with one attached hydrogen (secondary N) is 1. The predicted molar refractivity (Wildman–Crippen MR) is 120 cm³/mol. The third kappa shape index (κ3) is 4.68. The van der Waals surface area contributed by atoms with Crippen LogP contribution in [-0.4, -0.2) is 32.4 Å². The van der Waals surface area contributed by atoms with Crippen molar-refractivity contribution in [3.8, 4) is 0 Å². The number of fused-ring (bicyclic) bond motifs is 1. The van der Waals surface area contributed by atoms with Crippen LogP contribution in [0.3, 0.4) is 0 Å². The molecule has 2 aliphatic rings. The minimum Gasteiger partial charge on any atom is -0.758 e. The van der Waals surface area contributed by atoms with Crippen molar-refractivity contribution in [2.75, 3.05) is 18.0 Å². The van der Waals surface area contributed by atoms with Crippen LogP contribution in [0.2, 0.25) is 0 Å². The van der Waals surface area contributed by atoms with E-state index in [9.17, 15) is 4.55 Å². The minimum absolute atomic E-state index is 0. The Hall–Kier alpha value is -0.410. The van der Waals surface area contributed by atoms with E-state index < -0.39 is 11.4 Å². The molecule has 2 aromatic rings. The fraction of sp³-hybridized carbons (Fsp3) is 0.545. The third-order valence-electron chi connectivity index (χ3n) is 6.27. The van der Waals surface area contributed by atoms with Gasteiger partial charge in [0.15, 0.2) is 0 Å². The van der Waals surface area contributed by atoms with Gasteiger partial charge in [0.25, 0.3) is 0 Å². The van der Waals surface area contributed by atoms with Crippen LogP contribution in [0.15, 0.2) is 35.5 Å². The van der Waals surface area contributed by atoms with E-state index in [0.29, 0.717) is 5.03 Å². The number of anilines is 1. The second-order valence-corrected chi connectivity index (χ2v) is 11.7. The zero-order chi connectivity index (χ0) is 20.8. The molecular formula is C22H29N4NaOS2. The summed E-state index contributed by atoms with van der Waals surface area (Å²) in [7, 11) is 0. The van der Waals surface area contributed by atoms with Crippen molar-refractivity contribution >= 4 is 29.8 Å². The molecule has 1 aromatic carbocycles. The Morgan fingerprint density at radius 1 is 1.23 bits per heavy atom. The van der Waals surface area contributed by atoms with Gasteiger partial charge >= 0.3 is 29.6 Å². The van der Waals surface area contributed by atoms with E-state index in [4.69, 9.17) is 12.6 Å². The Bertz CT molecular complexity index is 897. The first-order valence-corrected chi connectivity index (χ1v) is 11.8. The molecule has 1 aromatic heterocycles. The molecule has 2 atom stereocenters. The summed E-state index contributed by atoms with van der Waals surface area (Å²) in [5.74, 6) is 0.907. The number of hydrogen-bond donors (Lipinski definition) is 1. The van der Waals surface area contributed by atoms with Crippen LogP contribution in [-0.2, 0) is 30.4 Å². The average molecular weight is 453 g/mol. The van der Waals surface area contributed by atoms with Crippen LogP contribution in [0.25, 0.3) is 0 Å². The van der Waals surface area contributed by atoms with Crippen molar-refractivity contribution in [3.05, 3.63) is 47.3 Å². The fourth-order valence-electron chi connectivity index (χ4n) is 4.52. The van der Waals surface area contributed by atoms with E-state index in [1.165, 1.54) is 11.1 Å². The second kappa shape index (κ2) is 9.22. The van der Waals surface area contributed by atoms with E-state index in [2.05, 4.69) is 43.9 Å². The van der Waals surface area contributed by atoms with Gasteiger partial charge in [-0.05, 0) is 58.1 Å². The number of aromatic nitrogens is 2. The molecule has 1 aliphatic carbocycles. The molecule has 1 fully saturated rings. The quantitative estimate of drug-likeness (QED) is 0.419. The normalized spacial score (nSPS) is 21.2. The molecule has 1 saturated heterocycles. The maximum atomic E-state index is 13.0. The Morgan fingerprint density at radius 2 is 1.90 bits per heavy atom. The zero-order valence-corrected chi connectivity index (χ0v) is 22.2. The Morgan fingerprint density at radius 3 is 2.53 bits per heavy atom. The van der Waals surface area contributed by atoms with E-state index in [0.717, 1.165) is 43.9 Å². The summed E-state index contributed by atoms with van der Waals surface area (Å²) in [6, 6.07) is 8.74. The molecule has 4 rings (SSSR count). The van der Waals surface area contributed by atoms with Crippen molar-refractivity contribution in [1.29, 1.82) is 0 Å². The van der Waals surface area contributed by atoms with Gasteiger partial charge in [-0.2, -0.15) is 0 Å². The monoisotopic (exact) mass is 452 g/mol. The standard InChI is InChI=1S/C22H30N4OS2.Na/c1-15-20(28)23-14-18(24-15)26-11-9-22(10-12-26)13-16-7-5-6-8-17(16)19(22)25-29(27)21(2,3)4;/h5-8,14,19,25H,9-13H2,1-4H3,(H,23,28);/q;+1/p-1/t19-,29?;/m1./s1. The predicted octanol–water partition coefficient (Wildman–Crippen LogP) is 0.631. The molecule has 8 heteroatoms. The van der Waals surface area contributed by atoms with Crippen LogP contribution >= 0.6 is 0 Å². The van der Waals surface area contributed by atoms with E-state index >= 15 is 0 Å². The summed E-state index contributed by atoms with van der Waals surface area (Å²) in [5.41, 5.74) is 3.59. The molecule has 0 saturated carbocycles. The van der Waals surface area contributed by atoms with Crippen molar-refractivity contribution in [2.45, 2.75) is 62.8 Å². The van der Waals surface area contributed by atoms with Gasteiger partial charge in [0.05, 0.1) is 12.2 Å². The number of piperidine rings is 1. The number of aryl methyl sites for hydroxylation is 1. The number of nitrogens with zero attached hydrogens (tertiary/aromatic N) is 3. The Labute approximate surface area is 210 Å². The molecule has 2 heterocycles. The van der Waals surface area contributed by atoms with Crippen LogP contribution < -0.4 is 39.2 Å². The Balaban J connectivity index is 0.00000256. The van der Waals surface area contributed by atoms with Crippen LogP contribution in [0, 0.1) is 12.3 Å². The van der Waals surface area contributed by atoms with Gasteiger partial charge in [0, 0.05) is 35.6 Å².